The zero-order valence-corrected chi connectivity index (χ0v) is 19.9. The number of ether oxygens (including phenoxy) is 1. The van der Waals surface area contributed by atoms with Crippen LogP contribution >= 0.6 is 34.7 Å². The van der Waals surface area contributed by atoms with Crippen LogP contribution < -0.4 is 9.61 Å². The van der Waals surface area contributed by atoms with Crippen molar-refractivity contribution in [1.82, 2.24) is 4.98 Å². The van der Waals surface area contributed by atoms with Crippen LogP contribution in [0.3, 0.4) is 0 Å². The maximum absolute atomic E-state index is 12.3. The van der Waals surface area contributed by atoms with Crippen LogP contribution in [0, 0.1) is 27.9 Å². The maximum Gasteiger partial charge on any atom is 0.305 e. The van der Waals surface area contributed by atoms with E-state index in [1.54, 1.807) is 23.9 Å². The van der Waals surface area contributed by atoms with Gasteiger partial charge in [-0.05, 0) is 49.1 Å². The fraction of sp³-hybridized carbons (Fsp3) is 0.375. The number of nitro benzene ring substituents is 1. The first-order valence-electron chi connectivity index (χ1n) is 11.0. The Morgan fingerprint density at radius 3 is 2.82 bits per heavy atom. The Labute approximate surface area is 203 Å². The minimum Gasteiger partial charge on any atom is -0.489 e. The van der Waals surface area contributed by atoms with Gasteiger partial charge in [-0.15, -0.1) is 11.8 Å². The molecular weight excluding hydrogens is 480 g/mol. The highest BCUT2D eigenvalue weighted by molar-refractivity contribution is 8.00. The zero-order valence-electron chi connectivity index (χ0n) is 17.5. The van der Waals surface area contributed by atoms with Gasteiger partial charge in [0.1, 0.15) is 12.4 Å². The molecule has 1 N–H and O–H groups in total. The Bertz CT molecular complexity index is 1310. The first-order valence-corrected chi connectivity index (χ1v) is 13.1. The first-order chi connectivity index (χ1) is 16.0. The van der Waals surface area contributed by atoms with Crippen LogP contribution in [0.2, 0.25) is 5.02 Å². The quantitative estimate of drug-likeness (QED) is 0.331. The topological polar surface area (TPSA) is 85.2 Å². The summed E-state index contributed by atoms with van der Waals surface area (Å²) in [5.41, 5.74) is 1.69. The number of nitrogens with zero attached hydrogens (tertiary/aromatic N) is 1. The summed E-state index contributed by atoms with van der Waals surface area (Å²) in [5, 5.41) is 13.6. The number of nitro groups is 1. The van der Waals surface area contributed by atoms with E-state index < -0.39 is 0 Å². The molecule has 3 aliphatic rings. The Hall–Kier alpha value is -2.29. The monoisotopic (exact) mass is 500 g/mol. The average Bonchev–Trinajstić information content (AvgIpc) is 3.51. The molecule has 6 nitrogen and oxygen atoms in total. The van der Waals surface area contributed by atoms with E-state index in [-0.39, 0.29) is 28.0 Å². The number of hydrogen-bond donors (Lipinski definition) is 1. The normalized spacial score (nSPS) is 27.2. The molecule has 2 heterocycles. The van der Waals surface area contributed by atoms with Crippen LogP contribution in [-0.4, -0.2) is 15.2 Å². The number of benzene rings is 2. The number of aromatic amines is 1. The smallest absolute Gasteiger partial charge is 0.305 e. The molecule has 170 valence electrons. The predicted molar refractivity (Wildman–Crippen MR) is 130 cm³/mol. The number of thiazole rings is 1. The highest BCUT2D eigenvalue weighted by Crippen LogP contribution is 2.64. The average molecular weight is 501 g/mol. The van der Waals surface area contributed by atoms with Gasteiger partial charge in [-0.25, -0.2) is 0 Å². The summed E-state index contributed by atoms with van der Waals surface area (Å²) in [6.45, 7) is 0.266. The van der Waals surface area contributed by atoms with Crippen LogP contribution in [0.4, 0.5) is 5.69 Å². The van der Waals surface area contributed by atoms with Crippen molar-refractivity contribution in [2.24, 2.45) is 17.8 Å². The number of halogens is 1. The molecule has 2 aliphatic carbocycles. The zero-order chi connectivity index (χ0) is 22.7. The van der Waals surface area contributed by atoms with E-state index in [9.17, 15) is 14.9 Å². The fourth-order valence-corrected chi connectivity index (χ4v) is 9.07. The lowest BCUT2D eigenvalue weighted by Gasteiger charge is -2.40. The summed E-state index contributed by atoms with van der Waals surface area (Å²) in [4.78, 5) is 27.6. The molecule has 1 aromatic heterocycles. The second-order valence-electron chi connectivity index (χ2n) is 9.04. The van der Waals surface area contributed by atoms with Gasteiger partial charge in [0.25, 0.3) is 5.69 Å². The molecule has 2 fully saturated rings. The van der Waals surface area contributed by atoms with Gasteiger partial charge in [0.05, 0.1) is 9.95 Å². The number of hydrogen-bond acceptors (Lipinski definition) is 6. The van der Waals surface area contributed by atoms with Crippen molar-refractivity contribution in [2.45, 2.75) is 42.1 Å². The molecule has 5 atom stereocenters. The second kappa shape index (κ2) is 8.18. The third kappa shape index (κ3) is 3.59. The summed E-state index contributed by atoms with van der Waals surface area (Å²) in [6, 6.07) is 12.3. The minimum atomic E-state index is -0.363. The third-order valence-electron chi connectivity index (χ3n) is 7.35. The third-order valence-corrected chi connectivity index (χ3v) is 10.3. The van der Waals surface area contributed by atoms with E-state index in [0.29, 0.717) is 33.8 Å². The molecule has 2 bridgehead atoms. The number of fused-ring (bicyclic) bond motifs is 6. The highest BCUT2D eigenvalue weighted by Gasteiger charge is 2.55. The lowest BCUT2D eigenvalue weighted by molar-refractivity contribution is -0.385. The Morgan fingerprint density at radius 1 is 1.18 bits per heavy atom. The van der Waals surface area contributed by atoms with Crippen molar-refractivity contribution in [3.05, 3.63) is 83.3 Å². The number of aromatic nitrogens is 1. The van der Waals surface area contributed by atoms with Crippen LogP contribution in [0.15, 0.2) is 52.3 Å². The number of non-ortho nitro benzene ring substituents is 1. The molecule has 3 aromatic rings. The molecule has 0 radical (unpaired) electrons. The lowest BCUT2D eigenvalue weighted by atomic mass is 9.74. The predicted octanol–water partition coefficient (Wildman–Crippen LogP) is 6.23. The van der Waals surface area contributed by atoms with Crippen molar-refractivity contribution in [3.8, 4) is 5.75 Å². The van der Waals surface area contributed by atoms with Crippen molar-refractivity contribution < 1.29 is 9.66 Å². The molecule has 2 aromatic carbocycles. The molecule has 0 amide bonds. The lowest BCUT2D eigenvalue weighted by Crippen LogP contribution is -2.33. The van der Waals surface area contributed by atoms with Crippen molar-refractivity contribution in [3.63, 3.8) is 0 Å². The summed E-state index contributed by atoms with van der Waals surface area (Å²) < 4.78 is 6.24. The Morgan fingerprint density at radius 2 is 2.00 bits per heavy atom. The van der Waals surface area contributed by atoms with E-state index in [2.05, 4.69) is 4.98 Å². The number of nitrogens with one attached hydrogen (secondary N) is 1. The van der Waals surface area contributed by atoms with Gasteiger partial charge in [-0.2, -0.15) is 0 Å². The van der Waals surface area contributed by atoms with Gasteiger partial charge in [0, 0.05) is 44.3 Å². The van der Waals surface area contributed by atoms with Crippen molar-refractivity contribution >= 4 is 40.4 Å². The largest absolute Gasteiger partial charge is 0.489 e. The maximum atomic E-state index is 12.3. The van der Waals surface area contributed by atoms with E-state index >= 15 is 0 Å². The standard InChI is InChI=1S/C24H21ClN2O4S2/c25-17-4-2-1-3-14(17)11-31-18-8-7-15(27(29)30)10-16(18)20-19-12-5-6-13(9-12)21(19)32-23-22(20)33-24(28)26-23/h1-4,7-8,10,12-13,19-21H,5-6,9,11H2,(H,26,28)/t12-,13+,19-,20-,21+/m1/s1. The van der Waals surface area contributed by atoms with Gasteiger partial charge >= 0.3 is 4.87 Å². The second-order valence-corrected chi connectivity index (χ2v) is 11.6. The van der Waals surface area contributed by atoms with Gasteiger partial charge in [-0.1, -0.05) is 41.1 Å². The Balaban J connectivity index is 1.46. The van der Waals surface area contributed by atoms with E-state index in [1.807, 2.05) is 24.3 Å². The number of H-pyrrole nitrogens is 1. The molecular formula is C24H21ClN2O4S2. The van der Waals surface area contributed by atoms with E-state index in [1.165, 1.54) is 36.7 Å². The molecule has 6 rings (SSSR count). The van der Waals surface area contributed by atoms with Gasteiger partial charge in [0.15, 0.2) is 0 Å². The van der Waals surface area contributed by atoms with Gasteiger partial charge in [0.2, 0.25) is 0 Å². The Kier molecular flexibility index (Phi) is 5.27. The van der Waals surface area contributed by atoms with Crippen molar-refractivity contribution in [2.75, 3.05) is 0 Å². The summed E-state index contributed by atoms with van der Waals surface area (Å²) in [6.07, 6.45) is 3.60. The first kappa shape index (κ1) is 21.3. The van der Waals surface area contributed by atoms with Crippen LogP contribution in [0.1, 0.15) is 41.2 Å². The van der Waals surface area contributed by atoms with Gasteiger partial charge in [-0.3, -0.25) is 14.9 Å². The molecule has 1 aliphatic heterocycles. The summed E-state index contributed by atoms with van der Waals surface area (Å²) >= 11 is 9.35. The molecule has 33 heavy (non-hydrogen) atoms. The van der Waals surface area contributed by atoms with E-state index in [0.717, 1.165) is 21.0 Å². The van der Waals surface area contributed by atoms with Crippen molar-refractivity contribution in [1.29, 1.82) is 0 Å². The number of thioether (sulfide) groups is 1. The number of rotatable bonds is 5. The minimum absolute atomic E-state index is 0.0393. The van der Waals surface area contributed by atoms with Gasteiger partial charge < -0.3 is 9.72 Å². The fourth-order valence-electron chi connectivity index (χ4n) is 5.99. The summed E-state index contributed by atoms with van der Waals surface area (Å²) in [5.74, 6) is 2.07. The molecule has 0 unspecified atom stereocenters. The van der Waals surface area contributed by atoms with Crippen LogP contribution in [0.5, 0.6) is 5.75 Å². The summed E-state index contributed by atoms with van der Waals surface area (Å²) in [7, 11) is 0. The van der Waals surface area contributed by atoms with Crippen LogP contribution in [-0.2, 0) is 6.61 Å². The van der Waals surface area contributed by atoms with Crippen LogP contribution in [0.25, 0.3) is 0 Å². The SMILES string of the molecule is O=c1[nH]c2c(s1)[C@H](c1cc([N+](=O)[O-])ccc1OCc1ccccc1Cl)[C@H]1[C@@H]3CC[C@@H](C3)[C@@H]1S2. The highest BCUT2D eigenvalue weighted by atomic mass is 35.5. The molecule has 0 saturated heterocycles. The van der Waals surface area contributed by atoms with E-state index in [4.69, 9.17) is 16.3 Å². The molecule has 9 heteroatoms. The molecule has 2 saturated carbocycles. The molecule has 0 spiro atoms.